The van der Waals surface area contributed by atoms with Crippen molar-refractivity contribution in [1.29, 1.82) is 0 Å². The zero-order valence-corrected chi connectivity index (χ0v) is 27.2. The van der Waals surface area contributed by atoms with Gasteiger partial charge in [-0.25, -0.2) is 4.39 Å². The predicted molar refractivity (Wildman–Crippen MR) is 187 cm³/mol. The van der Waals surface area contributed by atoms with Gasteiger partial charge in [-0.3, -0.25) is 0 Å². The Kier molecular flexibility index (Phi) is 10.9. The second-order valence-electron chi connectivity index (χ2n) is 12.3. The van der Waals surface area contributed by atoms with Crippen LogP contribution in [0.2, 0.25) is 0 Å². The maximum Gasteiger partial charge on any atom is 0.125 e. The van der Waals surface area contributed by atoms with Crippen LogP contribution in [0.3, 0.4) is 0 Å². The number of aromatic nitrogens is 1. The van der Waals surface area contributed by atoms with Gasteiger partial charge in [-0.15, -0.1) is 0 Å². The summed E-state index contributed by atoms with van der Waals surface area (Å²) in [6.45, 7) is 1.74. The van der Waals surface area contributed by atoms with E-state index in [0.717, 1.165) is 33.2 Å². The molecule has 0 amide bonds. The van der Waals surface area contributed by atoms with Crippen molar-refractivity contribution >= 4 is 10.9 Å². The molecule has 0 aliphatic carbocycles. The lowest BCUT2D eigenvalue weighted by Gasteiger charge is -2.46. The van der Waals surface area contributed by atoms with Gasteiger partial charge in [0.1, 0.15) is 36.3 Å². The fraction of sp³-hybridized carbons (Fsp3) is 0.238. The van der Waals surface area contributed by atoms with Crippen molar-refractivity contribution in [3.05, 3.63) is 179 Å². The summed E-state index contributed by atoms with van der Waals surface area (Å²) in [4.78, 5) is 3.25. The van der Waals surface area contributed by atoms with Crippen LogP contribution in [0.5, 0.6) is 0 Å². The molecule has 0 unspecified atom stereocenters. The van der Waals surface area contributed by atoms with Crippen LogP contribution in [-0.2, 0) is 50.1 Å². The molecule has 0 radical (unpaired) electrons. The first kappa shape index (κ1) is 32.9. The molecule has 1 N–H and O–H groups in total. The van der Waals surface area contributed by atoms with Crippen molar-refractivity contribution in [3.8, 4) is 0 Å². The summed E-state index contributed by atoms with van der Waals surface area (Å²) in [7, 11) is 0. The molecule has 1 fully saturated rings. The Morgan fingerprint density at radius 2 is 1.04 bits per heavy atom. The van der Waals surface area contributed by atoms with Gasteiger partial charge < -0.3 is 28.7 Å². The number of nitrogens with one attached hydrogen (secondary N) is 1. The summed E-state index contributed by atoms with van der Waals surface area (Å²) >= 11 is 0. The Hall–Kier alpha value is -4.63. The van der Waals surface area contributed by atoms with Gasteiger partial charge in [0.25, 0.3) is 0 Å². The van der Waals surface area contributed by atoms with Gasteiger partial charge >= 0.3 is 0 Å². The minimum Gasteiger partial charge on any atom is -0.374 e. The quantitative estimate of drug-likeness (QED) is 0.127. The van der Waals surface area contributed by atoms with E-state index in [-0.39, 0.29) is 12.4 Å². The Morgan fingerprint density at radius 1 is 0.551 bits per heavy atom. The van der Waals surface area contributed by atoms with Crippen molar-refractivity contribution < 1.29 is 28.1 Å². The smallest absolute Gasteiger partial charge is 0.125 e. The molecule has 250 valence electrons. The van der Waals surface area contributed by atoms with E-state index in [1.165, 1.54) is 12.1 Å². The molecule has 1 aliphatic rings. The first-order chi connectivity index (χ1) is 24.2. The lowest BCUT2D eigenvalue weighted by molar-refractivity contribution is -0.274. The van der Waals surface area contributed by atoms with Gasteiger partial charge in [-0.1, -0.05) is 121 Å². The highest BCUT2D eigenvalue weighted by molar-refractivity contribution is 5.83. The number of benzene rings is 5. The number of halogens is 1. The summed E-state index contributed by atoms with van der Waals surface area (Å²) in [5.74, 6) is -0.312. The van der Waals surface area contributed by atoms with Crippen molar-refractivity contribution in [2.75, 3.05) is 6.61 Å². The Balaban J connectivity index is 1.26. The van der Waals surface area contributed by atoms with E-state index in [9.17, 15) is 4.39 Å². The van der Waals surface area contributed by atoms with Crippen LogP contribution in [0.4, 0.5) is 4.39 Å². The summed E-state index contributed by atoms with van der Waals surface area (Å²) < 4.78 is 48.1. The molecular weight excluding hydrogens is 617 g/mol. The SMILES string of the molecule is Fc1ccc2c([C@@H]3O[C@H](COCc4ccccc4)[C@@H](OCc4ccccc4)[C@H](OCc4ccccc4)[C@H]3OCc3ccccc3)c[nH]c2c1. The van der Waals surface area contributed by atoms with Crippen LogP contribution >= 0.6 is 0 Å². The molecule has 0 saturated carbocycles. The Labute approximate surface area is 286 Å². The molecular formula is C42H40FNO5. The van der Waals surface area contributed by atoms with E-state index in [1.807, 2.05) is 128 Å². The molecule has 1 aliphatic heterocycles. The van der Waals surface area contributed by atoms with Gasteiger partial charge in [-0.2, -0.15) is 0 Å². The highest BCUT2D eigenvalue weighted by atomic mass is 19.1. The van der Waals surface area contributed by atoms with Crippen molar-refractivity contribution in [2.45, 2.75) is 56.9 Å². The average molecular weight is 658 g/mol. The van der Waals surface area contributed by atoms with Crippen molar-refractivity contribution in [3.63, 3.8) is 0 Å². The molecule has 6 aromatic rings. The number of hydrogen-bond acceptors (Lipinski definition) is 5. The molecule has 5 atom stereocenters. The van der Waals surface area contributed by atoms with Crippen LogP contribution in [0.15, 0.2) is 146 Å². The molecule has 0 bridgehead atoms. The molecule has 6 nitrogen and oxygen atoms in total. The number of rotatable bonds is 14. The van der Waals surface area contributed by atoms with Crippen LogP contribution in [0.1, 0.15) is 33.9 Å². The topological polar surface area (TPSA) is 61.9 Å². The first-order valence-electron chi connectivity index (χ1n) is 16.7. The van der Waals surface area contributed by atoms with Gasteiger partial charge in [0, 0.05) is 22.7 Å². The Bertz CT molecular complexity index is 1870. The van der Waals surface area contributed by atoms with Crippen LogP contribution in [0, 0.1) is 5.82 Å². The molecule has 5 aromatic carbocycles. The normalized spacial score (nSPS) is 20.8. The summed E-state index contributed by atoms with van der Waals surface area (Å²) in [6, 6.07) is 45.0. The van der Waals surface area contributed by atoms with E-state index in [0.29, 0.717) is 31.9 Å². The molecule has 2 heterocycles. The number of H-pyrrole nitrogens is 1. The van der Waals surface area contributed by atoms with Gasteiger partial charge in [0.2, 0.25) is 0 Å². The van der Waals surface area contributed by atoms with E-state index in [4.69, 9.17) is 23.7 Å². The largest absolute Gasteiger partial charge is 0.374 e. The highest BCUT2D eigenvalue weighted by Gasteiger charge is 2.49. The molecule has 49 heavy (non-hydrogen) atoms. The number of ether oxygens (including phenoxy) is 5. The maximum absolute atomic E-state index is 14.3. The number of aromatic amines is 1. The fourth-order valence-corrected chi connectivity index (χ4v) is 6.40. The first-order valence-corrected chi connectivity index (χ1v) is 16.7. The van der Waals surface area contributed by atoms with Crippen LogP contribution < -0.4 is 0 Å². The number of fused-ring (bicyclic) bond motifs is 1. The molecule has 7 heteroatoms. The second-order valence-corrected chi connectivity index (χ2v) is 12.3. The summed E-state index contributed by atoms with van der Waals surface area (Å²) in [6.07, 6.45) is -0.888. The zero-order chi connectivity index (χ0) is 33.3. The predicted octanol–water partition coefficient (Wildman–Crippen LogP) is 8.72. The van der Waals surface area contributed by atoms with Crippen molar-refractivity contribution in [1.82, 2.24) is 4.98 Å². The molecule has 1 saturated heterocycles. The number of hydrogen-bond donors (Lipinski definition) is 1. The third-order valence-electron chi connectivity index (χ3n) is 8.87. The minimum absolute atomic E-state index is 0.262. The van der Waals surface area contributed by atoms with E-state index in [2.05, 4.69) is 4.98 Å². The molecule has 1 aromatic heterocycles. The monoisotopic (exact) mass is 657 g/mol. The standard InChI is InChI=1S/C42H40FNO5/c43-34-21-22-35-36(24-44-37(35)23-34)39-41(47-27-32-17-9-3-10-18-32)42(48-28-33-19-11-4-12-20-33)40(46-26-31-15-7-2-8-16-31)38(49-39)29-45-25-30-13-5-1-6-14-30/h1-24,38-42,44H,25-29H2/t38-,39+,40-,41+,42+/m1/s1. The molecule has 0 spiro atoms. The van der Waals surface area contributed by atoms with Crippen LogP contribution in [-0.4, -0.2) is 36.0 Å². The summed E-state index contributed by atoms with van der Waals surface area (Å²) in [5.41, 5.74) is 5.71. The summed E-state index contributed by atoms with van der Waals surface area (Å²) in [5, 5.41) is 0.856. The maximum atomic E-state index is 14.3. The van der Waals surface area contributed by atoms with Gasteiger partial charge in [0.15, 0.2) is 0 Å². The third kappa shape index (κ3) is 8.33. The lowest BCUT2D eigenvalue weighted by Crippen LogP contribution is -2.58. The fourth-order valence-electron chi connectivity index (χ4n) is 6.40. The van der Waals surface area contributed by atoms with Crippen LogP contribution in [0.25, 0.3) is 10.9 Å². The molecule has 7 rings (SSSR count). The minimum atomic E-state index is -0.584. The lowest BCUT2D eigenvalue weighted by atomic mass is 9.90. The van der Waals surface area contributed by atoms with Gasteiger partial charge in [-0.05, 0) is 40.5 Å². The van der Waals surface area contributed by atoms with E-state index in [1.54, 1.807) is 6.07 Å². The average Bonchev–Trinajstić information content (AvgIpc) is 3.57. The second kappa shape index (κ2) is 16.2. The highest BCUT2D eigenvalue weighted by Crippen LogP contribution is 2.41. The van der Waals surface area contributed by atoms with Gasteiger partial charge in [0.05, 0.1) is 33.0 Å². The van der Waals surface area contributed by atoms with E-state index >= 15 is 0 Å². The third-order valence-corrected chi connectivity index (χ3v) is 8.87. The zero-order valence-electron chi connectivity index (χ0n) is 27.2. The Morgan fingerprint density at radius 3 is 1.59 bits per heavy atom. The van der Waals surface area contributed by atoms with E-state index < -0.39 is 30.5 Å². The van der Waals surface area contributed by atoms with Crippen molar-refractivity contribution in [2.24, 2.45) is 0 Å².